The van der Waals surface area contributed by atoms with Crippen molar-refractivity contribution in [3.63, 3.8) is 0 Å². The number of hydrogen-bond acceptors (Lipinski definition) is 5. The number of aliphatic hydroxyl groups excluding tert-OH is 2. The Morgan fingerprint density at radius 3 is 2.84 bits per heavy atom. The molecule has 0 radical (unpaired) electrons. The molecule has 0 saturated heterocycles. The van der Waals surface area contributed by atoms with Crippen LogP contribution < -0.4 is 0 Å². The van der Waals surface area contributed by atoms with Crippen LogP contribution in [0.3, 0.4) is 0 Å². The van der Waals surface area contributed by atoms with Gasteiger partial charge in [-0.1, -0.05) is 12.1 Å². The van der Waals surface area contributed by atoms with E-state index in [9.17, 15) is 20.3 Å². The van der Waals surface area contributed by atoms with Gasteiger partial charge < -0.3 is 10.2 Å². The number of nitro benzene ring substituents is 1. The molecule has 2 aromatic rings. The molecule has 0 amide bonds. The number of para-hydroxylation sites is 1. The van der Waals surface area contributed by atoms with Crippen LogP contribution in [0.1, 0.15) is 18.2 Å². The van der Waals surface area contributed by atoms with Crippen molar-refractivity contribution in [2.45, 2.75) is 18.6 Å². The summed E-state index contributed by atoms with van der Waals surface area (Å²) in [4.78, 5) is 10.3. The van der Waals surface area contributed by atoms with Crippen LogP contribution in [0.15, 0.2) is 18.2 Å². The fourth-order valence-corrected chi connectivity index (χ4v) is 2.10. The molecule has 7 nitrogen and oxygen atoms in total. The average molecular weight is 286 g/mol. The minimum absolute atomic E-state index is 0.152. The van der Waals surface area contributed by atoms with Gasteiger partial charge in [-0.15, -0.1) is 11.6 Å². The first-order valence-corrected chi connectivity index (χ1v) is 6.13. The van der Waals surface area contributed by atoms with Crippen molar-refractivity contribution in [1.29, 1.82) is 0 Å². The van der Waals surface area contributed by atoms with E-state index in [-0.39, 0.29) is 29.2 Å². The van der Waals surface area contributed by atoms with Gasteiger partial charge in [-0.05, 0) is 6.42 Å². The molecule has 0 fully saturated rings. The number of aromatic nitrogens is 2. The zero-order chi connectivity index (χ0) is 14.0. The van der Waals surface area contributed by atoms with Crippen molar-refractivity contribution < 1.29 is 15.1 Å². The smallest absolute Gasteiger partial charge is 0.297 e. The van der Waals surface area contributed by atoms with Gasteiger partial charge in [0.05, 0.1) is 16.7 Å². The van der Waals surface area contributed by atoms with Crippen molar-refractivity contribution in [3.8, 4) is 0 Å². The summed E-state index contributed by atoms with van der Waals surface area (Å²) in [5.41, 5.74) is 0.245. The van der Waals surface area contributed by atoms with Crippen molar-refractivity contribution in [2.24, 2.45) is 0 Å². The molecule has 0 spiro atoms. The monoisotopic (exact) mass is 285 g/mol. The zero-order valence-electron chi connectivity index (χ0n) is 9.78. The highest BCUT2D eigenvalue weighted by atomic mass is 35.5. The summed E-state index contributed by atoms with van der Waals surface area (Å²) in [6, 6.07) is 4.42. The van der Waals surface area contributed by atoms with Crippen LogP contribution in [-0.2, 0) is 0 Å². The fraction of sp³-hybridized carbons (Fsp3) is 0.364. The molecule has 0 aliphatic rings. The Kier molecular flexibility index (Phi) is 3.98. The molecule has 3 N–H and O–H groups in total. The quantitative estimate of drug-likeness (QED) is 0.438. The number of rotatable bonds is 5. The standard InChI is InChI=1S/C11H12ClN3O4/c12-5-4-8(16)11(17)10-6-2-1-3-7(15(18)19)9(6)13-14-10/h1-3,8,11,16-17H,4-5H2,(H,13,14). The lowest BCUT2D eigenvalue weighted by Crippen LogP contribution is -2.19. The first-order chi connectivity index (χ1) is 9.06. The number of H-pyrrole nitrogens is 1. The number of alkyl halides is 1. The van der Waals surface area contributed by atoms with Crippen LogP contribution in [0.25, 0.3) is 10.9 Å². The molecule has 0 bridgehead atoms. The second-order valence-corrected chi connectivity index (χ2v) is 4.44. The van der Waals surface area contributed by atoms with E-state index >= 15 is 0 Å². The number of nitrogens with one attached hydrogen (secondary N) is 1. The molecule has 1 aromatic heterocycles. The summed E-state index contributed by atoms with van der Waals surface area (Å²) in [6.45, 7) is 0. The highest BCUT2D eigenvalue weighted by Gasteiger charge is 2.24. The zero-order valence-corrected chi connectivity index (χ0v) is 10.5. The Morgan fingerprint density at radius 2 is 2.21 bits per heavy atom. The maximum absolute atomic E-state index is 10.9. The van der Waals surface area contributed by atoms with Crippen molar-refractivity contribution in [1.82, 2.24) is 10.2 Å². The molecular weight excluding hydrogens is 274 g/mol. The summed E-state index contributed by atoms with van der Waals surface area (Å²) >= 11 is 5.50. The van der Waals surface area contributed by atoms with E-state index < -0.39 is 17.1 Å². The predicted molar refractivity (Wildman–Crippen MR) is 69.1 cm³/mol. The SMILES string of the molecule is O=[N+]([O-])c1cccc2c(C(O)C(O)CCCl)[nH]nc12. The largest absolute Gasteiger partial charge is 0.390 e. The third-order valence-electron chi connectivity index (χ3n) is 2.85. The van der Waals surface area contributed by atoms with Gasteiger partial charge in [0.25, 0.3) is 5.69 Å². The van der Waals surface area contributed by atoms with Gasteiger partial charge in [-0.25, -0.2) is 0 Å². The van der Waals surface area contributed by atoms with E-state index in [1.807, 2.05) is 0 Å². The fourth-order valence-electron chi connectivity index (χ4n) is 1.88. The molecule has 2 rings (SSSR count). The Morgan fingerprint density at radius 1 is 1.47 bits per heavy atom. The molecule has 0 aliphatic heterocycles. The Bertz CT molecular complexity index is 601. The average Bonchev–Trinajstić information content (AvgIpc) is 2.81. The molecule has 8 heteroatoms. The third-order valence-corrected chi connectivity index (χ3v) is 3.07. The summed E-state index contributed by atoms with van der Waals surface area (Å²) in [5, 5.41) is 37.3. The van der Waals surface area contributed by atoms with Gasteiger partial charge in [0.15, 0.2) is 5.52 Å². The van der Waals surface area contributed by atoms with Crippen LogP contribution in [0, 0.1) is 10.1 Å². The molecule has 2 unspecified atom stereocenters. The predicted octanol–water partition coefficient (Wildman–Crippen LogP) is 1.49. The summed E-state index contributed by atoms with van der Waals surface area (Å²) < 4.78 is 0. The number of fused-ring (bicyclic) bond motifs is 1. The summed E-state index contributed by atoms with van der Waals surface area (Å²) in [5.74, 6) is 0.199. The van der Waals surface area contributed by atoms with Gasteiger partial charge in [-0.3, -0.25) is 15.2 Å². The number of benzene rings is 1. The van der Waals surface area contributed by atoms with E-state index in [4.69, 9.17) is 11.6 Å². The normalized spacial score (nSPS) is 14.5. The van der Waals surface area contributed by atoms with Crippen LogP contribution in [-0.4, -0.2) is 37.3 Å². The Labute approximate surface area is 113 Å². The number of nitrogens with zero attached hydrogens (tertiary/aromatic N) is 2. The number of aliphatic hydroxyl groups is 2. The van der Waals surface area contributed by atoms with E-state index in [0.29, 0.717) is 5.39 Å². The summed E-state index contributed by atoms with van der Waals surface area (Å²) in [7, 11) is 0. The molecule has 0 saturated carbocycles. The number of halogens is 1. The highest BCUT2D eigenvalue weighted by Crippen LogP contribution is 2.30. The number of aromatic amines is 1. The lowest BCUT2D eigenvalue weighted by atomic mass is 10.0. The van der Waals surface area contributed by atoms with E-state index in [0.717, 1.165) is 0 Å². The van der Waals surface area contributed by atoms with Crippen molar-refractivity contribution >= 4 is 28.2 Å². The van der Waals surface area contributed by atoms with Crippen LogP contribution in [0.5, 0.6) is 0 Å². The van der Waals surface area contributed by atoms with E-state index in [2.05, 4.69) is 10.2 Å². The Balaban J connectivity index is 2.46. The van der Waals surface area contributed by atoms with Crippen molar-refractivity contribution in [3.05, 3.63) is 34.0 Å². The van der Waals surface area contributed by atoms with Gasteiger partial charge in [0.2, 0.25) is 0 Å². The molecule has 2 atom stereocenters. The molecule has 0 aliphatic carbocycles. The Hall–Kier alpha value is -1.70. The second kappa shape index (κ2) is 5.52. The number of non-ortho nitro benzene ring substituents is 1. The van der Waals surface area contributed by atoms with Gasteiger partial charge >= 0.3 is 0 Å². The van der Waals surface area contributed by atoms with Crippen molar-refractivity contribution in [2.75, 3.05) is 5.88 Å². The lowest BCUT2D eigenvalue weighted by Gasteiger charge is -2.15. The molecular formula is C11H12ClN3O4. The minimum Gasteiger partial charge on any atom is -0.390 e. The first kappa shape index (κ1) is 13.7. The van der Waals surface area contributed by atoms with Crippen LogP contribution in [0.2, 0.25) is 0 Å². The van der Waals surface area contributed by atoms with Gasteiger partial charge in [0, 0.05) is 17.3 Å². The molecule has 19 heavy (non-hydrogen) atoms. The molecule has 102 valence electrons. The summed E-state index contributed by atoms with van der Waals surface area (Å²) in [6.07, 6.45) is -2.07. The van der Waals surface area contributed by atoms with Crippen LogP contribution in [0.4, 0.5) is 5.69 Å². The van der Waals surface area contributed by atoms with E-state index in [1.165, 1.54) is 12.1 Å². The number of nitro groups is 1. The van der Waals surface area contributed by atoms with Crippen LogP contribution >= 0.6 is 11.6 Å². The first-order valence-electron chi connectivity index (χ1n) is 5.59. The van der Waals surface area contributed by atoms with E-state index in [1.54, 1.807) is 6.07 Å². The highest BCUT2D eigenvalue weighted by molar-refractivity contribution is 6.17. The third kappa shape index (κ3) is 2.53. The minimum atomic E-state index is -1.22. The maximum atomic E-state index is 10.9. The number of hydrogen-bond donors (Lipinski definition) is 3. The molecule has 1 aromatic carbocycles. The lowest BCUT2D eigenvalue weighted by molar-refractivity contribution is -0.383. The topological polar surface area (TPSA) is 112 Å². The van der Waals surface area contributed by atoms with Gasteiger partial charge in [0.1, 0.15) is 6.10 Å². The van der Waals surface area contributed by atoms with Gasteiger partial charge in [-0.2, -0.15) is 5.10 Å². The second-order valence-electron chi connectivity index (χ2n) is 4.06. The molecule has 1 heterocycles. The maximum Gasteiger partial charge on any atom is 0.297 e.